The van der Waals surface area contributed by atoms with Gasteiger partial charge in [0.2, 0.25) is 0 Å². The van der Waals surface area contributed by atoms with Crippen molar-refractivity contribution in [2.45, 2.75) is 13.3 Å². The number of nitro groups is 1. The van der Waals surface area contributed by atoms with E-state index in [4.69, 9.17) is 5.11 Å². The van der Waals surface area contributed by atoms with Gasteiger partial charge in [0, 0.05) is 18.7 Å². The Balaban J connectivity index is 2.74. The van der Waals surface area contributed by atoms with E-state index in [0.717, 1.165) is 17.9 Å². The summed E-state index contributed by atoms with van der Waals surface area (Å²) in [5.41, 5.74) is 0.229. The molecule has 0 aliphatic carbocycles. The predicted molar refractivity (Wildman–Crippen MR) is 76.2 cm³/mol. The molecule has 1 aromatic carbocycles. The number of nitrogens with zero attached hydrogens (tertiary/aromatic N) is 1. The Morgan fingerprint density at radius 3 is 2.84 bits per heavy atom. The summed E-state index contributed by atoms with van der Waals surface area (Å²) in [6.45, 7) is 2.66. The summed E-state index contributed by atoms with van der Waals surface area (Å²) >= 11 is 1.80. The molecule has 0 atom stereocenters. The van der Waals surface area contributed by atoms with Gasteiger partial charge in [-0.3, -0.25) is 10.1 Å². The van der Waals surface area contributed by atoms with Gasteiger partial charge >= 0.3 is 5.97 Å². The fourth-order valence-corrected chi connectivity index (χ4v) is 2.16. The summed E-state index contributed by atoms with van der Waals surface area (Å²) in [6.07, 6.45) is 0.875. The lowest BCUT2D eigenvalue weighted by molar-refractivity contribution is -0.384. The van der Waals surface area contributed by atoms with Crippen molar-refractivity contribution in [2.75, 3.05) is 23.4 Å². The minimum Gasteiger partial charge on any atom is -0.478 e. The molecule has 0 spiro atoms. The lowest BCUT2D eigenvalue weighted by Gasteiger charge is -2.09. The third-order valence-electron chi connectivity index (χ3n) is 2.43. The molecule has 0 aromatic heterocycles. The van der Waals surface area contributed by atoms with E-state index < -0.39 is 10.9 Å². The Hall–Kier alpha value is -1.76. The van der Waals surface area contributed by atoms with Crippen LogP contribution in [0.1, 0.15) is 23.7 Å². The summed E-state index contributed by atoms with van der Waals surface area (Å²) in [5.74, 6) is 0.915. The van der Waals surface area contributed by atoms with E-state index >= 15 is 0 Å². The maximum atomic E-state index is 11.0. The number of carbonyl (C=O) groups is 1. The standard InChI is InChI=1S/C12H16N2O4S/c1-2-19-7-3-6-13-11-8-9(14(17)18)4-5-10(11)12(15)16/h4-5,8,13H,2-3,6-7H2,1H3,(H,15,16). The van der Waals surface area contributed by atoms with Crippen LogP contribution in [0.15, 0.2) is 18.2 Å². The molecule has 0 aliphatic heterocycles. The van der Waals surface area contributed by atoms with Crippen LogP contribution in [0.5, 0.6) is 0 Å². The third kappa shape index (κ3) is 4.78. The first kappa shape index (κ1) is 15.3. The van der Waals surface area contributed by atoms with Gasteiger partial charge in [-0.15, -0.1) is 0 Å². The van der Waals surface area contributed by atoms with E-state index in [-0.39, 0.29) is 11.3 Å². The topological polar surface area (TPSA) is 92.5 Å². The van der Waals surface area contributed by atoms with Crippen molar-refractivity contribution in [1.29, 1.82) is 0 Å². The second-order valence-corrected chi connectivity index (χ2v) is 5.16. The van der Waals surface area contributed by atoms with Crippen molar-refractivity contribution < 1.29 is 14.8 Å². The number of carboxylic acid groups (broad SMARTS) is 1. The molecule has 2 N–H and O–H groups in total. The summed E-state index contributed by atoms with van der Waals surface area (Å²) in [7, 11) is 0. The number of hydrogen-bond acceptors (Lipinski definition) is 5. The van der Waals surface area contributed by atoms with Crippen molar-refractivity contribution in [1.82, 2.24) is 0 Å². The highest BCUT2D eigenvalue weighted by Crippen LogP contribution is 2.22. The van der Waals surface area contributed by atoms with Crippen molar-refractivity contribution >= 4 is 29.1 Å². The Kier molecular flexibility index (Phi) is 6.14. The van der Waals surface area contributed by atoms with Crippen LogP contribution in [-0.4, -0.2) is 34.0 Å². The molecule has 19 heavy (non-hydrogen) atoms. The maximum Gasteiger partial charge on any atom is 0.337 e. The first-order valence-corrected chi connectivity index (χ1v) is 7.05. The molecule has 6 nitrogen and oxygen atoms in total. The van der Waals surface area contributed by atoms with Gasteiger partial charge in [0.05, 0.1) is 16.2 Å². The second-order valence-electron chi connectivity index (χ2n) is 3.77. The van der Waals surface area contributed by atoms with E-state index in [1.165, 1.54) is 18.2 Å². The van der Waals surface area contributed by atoms with Crippen LogP contribution in [-0.2, 0) is 0 Å². The van der Waals surface area contributed by atoms with Crippen molar-refractivity contribution in [3.05, 3.63) is 33.9 Å². The van der Waals surface area contributed by atoms with Crippen molar-refractivity contribution in [2.24, 2.45) is 0 Å². The molecule has 0 bridgehead atoms. The van der Waals surface area contributed by atoms with Crippen molar-refractivity contribution in [3.8, 4) is 0 Å². The van der Waals surface area contributed by atoms with Gasteiger partial charge in [0.25, 0.3) is 5.69 Å². The third-order valence-corrected chi connectivity index (χ3v) is 3.42. The lowest BCUT2D eigenvalue weighted by Crippen LogP contribution is -2.09. The van der Waals surface area contributed by atoms with Crippen LogP contribution >= 0.6 is 11.8 Å². The largest absolute Gasteiger partial charge is 0.478 e. The molecule has 104 valence electrons. The quantitative estimate of drug-likeness (QED) is 0.433. The average Bonchev–Trinajstić information content (AvgIpc) is 2.38. The van der Waals surface area contributed by atoms with Gasteiger partial charge in [0.1, 0.15) is 0 Å². The second kappa shape index (κ2) is 7.63. The number of carboxylic acids is 1. The first-order valence-electron chi connectivity index (χ1n) is 5.89. The van der Waals surface area contributed by atoms with Crippen LogP contribution < -0.4 is 5.32 Å². The monoisotopic (exact) mass is 284 g/mol. The highest BCUT2D eigenvalue weighted by Gasteiger charge is 2.14. The van der Waals surface area contributed by atoms with E-state index in [9.17, 15) is 14.9 Å². The van der Waals surface area contributed by atoms with Crippen molar-refractivity contribution in [3.63, 3.8) is 0 Å². The lowest BCUT2D eigenvalue weighted by atomic mass is 10.1. The van der Waals surface area contributed by atoms with Crippen LogP contribution in [0.4, 0.5) is 11.4 Å². The Morgan fingerprint density at radius 2 is 2.26 bits per heavy atom. The minimum atomic E-state index is -1.10. The van der Waals surface area contributed by atoms with E-state index in [1.54, 1.807) is 11.8 Å². The van der Waals surface area contributed by atoms with Gasteiger partial charge in [-0.1, -0.05) is 6.92 Å². The summed E-state index contributed by atoms with van der Waals surface area (Å²) in [6, 6.07) is 3.71. The number of hydrogen-bond donors (Lipinski definition) is 2. The molecular formula is C12H16N2O4S. The fourth-order valence-electron chi connectivity index (χ4n) is 1.52. The Bertz CT molecular complexity index is 465. The summed E-state index contributed by atoms with van der Waals surface area (Å²) < 4.78 is 0. The van der Waals surface area contributed by atoms with Gasteiger partial charge in [-0.2, -0.15) is 11.8 Å². The molecule has 0 radical (unpaired) electrons. The van der Waals surface area contributed by atoms with Crippen LogP contribution in [0.2, 0.25) is 0 Å². The average molecular weight is 284 g/mol. The molecule has 0 heterocycles. The highest BCUT2D eigenvalue weighted by atomic mass is 32.2. The number of aromatic carboxylic acids is 1. The fraction of sp³-hybridized carbons (Fsp3) is 0.417. The van der Waals surface area contributed by atoms with Crippen LogP contribution in [0.3, 0.4) is 0 Å². The molecule has 0 fully saturated rings. The van der Waals surface area contributed by atoms with E-state index in [2.05, 4.69) is 12.2 Å². The first-order chi connectivity index (χ1) is 9.06. The molecule has 0 amide bonds. The predicted octanol–water partition coefficient (Wildman–Crippen LogP) is 2.85. The molecule has 1 aromatic rings. The number of nitro benzene ring substituents is 1. The number of rotatable bonds is 8. The van der Waals surface area contributed by atoms with Gasteiger partial charge in [-0.05, 0) is 24.0 Å². The van der Waals surface area contributed by atoms with Crippen LogP contribution in [0.25, 0.3) is 0 Å². The van der Waals surface area contributed by atoms with E-state index in [1.807, 2.05) is 0 Å². The summed E-state index contributed by atoms with van der Waals surface area (Å²) in [4.78, 5) is 21.2. The molecule has 0 saturated carbocycles. The van der Waals surface area contributed by atoms with Gasteiger partial charge < -0.3 is 10.4 Å². The molecule has 0 unspecified atom stereocenters. The zero-order valence-corrected chi connectivity index (χ0v) is 11.4. The van der Waals surface area contributed by atoms with Gasteiger partial charge in [0.15, 0.2) is 0 Å². The number of thioether (sulfide) groups is 1. The molecule has 0 aliphatic rings. The Labute approximate surface area is 115 Å². The number of anilines is 1. The van der Waals surface area contributed by atoms with Gasteiger partial charge in [-0.25, -0.2) is 4.79 Å². The zero-order valence-electron chi connectivity index (χ0n) is 10.6. The smallest absolute Gasteiger partial charge is 0.337 e. The molecular weight excluding hydrogens is 268 g/mol. The Morgan fingerprint density at radius 1 is 1.53 bits per heavy atom. The summed E-state index contributed by atoms with van der Waals surface area (Å²) in [5, 5.41) is 22.6. The zero-order chi connectivity index (χ0) is 14.3. The highest BCUT2D eigenvalue weighted by molar-refractivity contribution is 7.99. The molecule has 1 rings (SSSR count). The van der Waals surface area contributed by atoms with E-state index in [0.29, 0.717) is 12.2 Å². The maximum absolute atomic E-state index is 11.0. The number of benzene rings is 1. The van der Waals surface area contributed by atoms with Crippen LogP contribution in [0, 0.1) is 10.1 Å². The number of non-ortho nitro benzene ring substituents is 1. The molecule has 0 saturated heterocycles. The SMILES string of the molecule is CCSCCCNc1cc([N+](=O)[O-])ccc1C(=O)O. The molecule has 7 heteroatoms. The normalized spacial score (nSPS) is 10.2. The minimum absolute atomic E-state index is 0.0498. The number of nitrogens with one attached hydrogen (secondary N) is 1.